The molecule has 0 unspecified atom stereocenters. The molecule has 0 radical (unpaired) electrons. The molecule has 1 aromatic rings. The molecule has 1 aliphatic heterocycles. The van der Waals surface area contributed by atoms with Crippen molar-refractivity contribution in [2.24, 2.45) is 5.41 Å². The molecule has 122 valence electrons. The standard InChI is InChI=1S/C15H21ClN2O3S/c1-15(2,3)14(19)17-7-9-18(10-8-17)22(20,21)13-6-4-5-12(16)11-13/h4-6,11H,7-10H2,1-3H3. The van der Waals surface area contributed by atoms with Gasteiger partial charge in [0.1, 0.15) is 0 Å². The number of amides is 1. The van der Waals surface area contributed by atoms with E-state index in [0.29, 0.717) is 31.2 Å². The highest BCUT2D eigenvalue weighted by Gasteiger charge is 2.33. The Bertz CT molecular complexity index is 660. The van der Waals surface area contributed by atoms with E-state index < -0.39 is 15.4 Å². The number of halogens is 1. The summed E-state index contributed by atoms with van der Waals surface area (Å²) in [5, 5.41) is 0.391. The lowest BCUT2D eigenvalue weighted by atomic mass is 9.94. The minimum Gasteiger partial charge on any atom is -0.340 e. The van der Waals surface area contributed by atoms with Crippen molar-refractivity contribution in [1.29, 1.82) is 0 Å². The second-order valence-corrected chi connectivity index (χ2v) is 8.78. The summed E-state index contributed by atoms with van der Waals surface area (Å²) >= 11 is 5.87. The molecular weight excluding hydrogens is 324 g/mol. The highest BCUT2D eigenvalue weighted by atomic mass is 35.5. The summed E-state index contributed by atoms with van der Waals surface area (Å²) in [6.07, 6.45) is 0. The fraction of sp³-hybridized carbons (Fsp3) is 0.533. The lowest BCUT2D eigenvalue weighted by Gasteiger charge is -2.37. The topological polar surface area (TPSA) is 57.7 Å². The smallest absolute Gasteiger partial charge is 0.243 e. The van der Waals surface area contributed by atoms with Gasteiger partial charge in [-0.15, -0.1) is 0 Å². The minimum absolute atomic E-state index is 0.0484. The van der Waals surface area contributed by atoms with Crippen LogP contribution in [0.25, 0.3) is 0 Å². The average molecular weight is 345 g/mol. The largest absolute Gasteiger partial charge is 0.340 e. The van der Waals surface area contributed by atoms with Crippen LogP contribution in [0.4, 0.5) is 0 Å². The summed E-state index contributed by atoms with van der Waals surface area (Å²) in [6.45, 7) is 7.03. The quantitative estimate of drug-likeness (QED) is 0.826. The zero-order valence-electron chi connectivity index (χ0n) is 13.0. The normalized spacial score (nSPS) is 17.5. The summed E-state index contributed by atoms with van der Waals surface area (Å²) in [5.41, 5.74) is -0.450. The molecule has 1 aliphatic rings. The predicted molar refractivity (Wildman–Crippen MR) is 86.2 cm³/mol. The van der Waals surface area contributed by atoms with Crippen molar-refractivity contribution in [2.75, 3.05) is 26.2 Å². The lowest BCUT2D eigenvalue weighted by Crippen LogP contribution is -2.52. The molecule has 0 aromatic heterocycles. The van der Waals surface area contributed by atoms with E-state index >= 15 is 0 Å². The number of sulfonamides is 1. The highest BCUT2D eigenvalue weighted by molar-refractivity contribution is 7.89. The van der Waals surface area contributed by atoms with E-state index in [0.717, 1.165) is 0 Å². The SMILES string of the molecule is CC(C)(C)C(=O)N1CCN(S(=O)(=O)c2cccc(Cl)c2)CC1. The summed E-state index contributed by atoms with van der Waals surface area (Å²) in [5.74, 6) is 0.0484. The van der Waals surface area contributed by atoms with Gasteiger partial charge in [-0.1, -0.05) is 38.4 Å². The van der Waals surface area contributed by atoms with Gasteiger partial charge in [0.25, 0.3) is 0 Å². The van der Waals surface area contributed by atoms with E-state index in [1.165, 1.54) is 16.4 Å². The monoisotopic (exact) mass is 344 g/mol. The van der Waals surface area contributed by atoms with Gasteiger partial charge in [-0.3, -0.25) is 4.79 Å². The van der Waals surface area contributed by atoms with Crippen LogP contribution in [0.15, 0.2) is 29.2 Å². The Hall–Kier alpha value is -1.11. The first-order valence-corrected chi connectivity index (χ1v) is 8.99. The Morgan fingerprint density at radius 1 is 1.14 bits per heavy atom. The number of carbonyl (C=O) groups excluding carboxylic acids is 1. The molecule has 0 saturated carbocycles. The molecule has 0 spiro atoms. The van der Waals surface area contributed by atoms with Crippen molar-refractivity contribution in [3.05, 3.63) is 29.3 Å². The number of piperazine rings is 1. The third-order valence-electron chi connectivity index (χ3n) is 3.60. The molecule has 1 heterocycles. The van der Waals surface area contributed by atoms with E-state index in [2.05, 4.69) is 0 Å². The Morgan fingerprint density at radius 2 is 1.73 bits per heavy atom. The fourth-order valence-electron chi connectivity index (χ4n) is 2.38. The lowest BCUT2D eigenvalue weighted by molar-refractivity contribution is -0.140. The molecule has 5 nitrogen and oxygen atoms in total. The average Bonchev–Trinajstić information content (AvgIpc) is 2.45. The van der Waals surface area contributed by atoms with E-state index in [-0.39, 0.29) is 10.8 Å². The molecule has 1 fully saturated rings. The second-order valence-electron chi connectivity index (χ2n) is 6.40. The Morgan fingerprint density at radius 3 is 2.23 bits per heavy atom. The van der Waals surface area contributed by atoms with Crippen molar-refractivity contribution in [1.82, 2.24) is 9.21 Å². The van der Waals surface area contributed by atoms with Crippen LogP contribution in [-0.4, -0.2) is 49.7 Å². The van der Waals surface area contributed by atoms with Gasteiger partial charge in [-0.05, 0) is 18.2 Å². The highest BCUT2D eigenvalue weighted by Crippen LogP contribution is 2.23. The van der Waals surface area contributed by atoms with E-state index in [9.17, 15) is 13.2 Å². The Labute approximate surface area is 136 Å². The van der Waals surface area contributed by atoms with E-state index in [4.69, 9.17) is 11.6 Å². The molecule has 22 heavy (non-hydrogen) atoms. The molecular formula is C15H21ClN2O3S. The number of hydrogen-bond acceptors (Lipinski definition) is 3. The third kappa shape index (κ3) is 3.62. The minimum atomic E-state index is -3.56. The van der Waals surface area contributed by atoms with Gasteiger partial charge in [0.15, 0.2) is 0 Å². The first-order valence-electron chi connectivity index (χ1n) is 7.17. The third-order valence-corrected chi connectivity index (χ3v) is 5.73. The molecule has 7 heteroatoms. The van der Waals surface area contributed by atoms with Crippen LogP contribution in [0.2, 0.25) is 5.02 Å². The van der Waals surface area contributed by atoms with Crippen molar-refractivity contribution in [2.45, 2.75) is 25.7 Å². The van der Waals surface area contributed by atoms with E-state index in [1.807, 2.05) is 20.8 Å². The van der Waals surface area contributed by atoms with Crippen LogP contribution in [-0.2, 0) is 14.8 Å². The molecule has 0 N–H and O–H groups in total. The molecule has 0 aliphatic carbocycles. The summed E-state index contributed by atoms with van der Waals surface area (Å²) in [4.78, 5) is 14.1. The number of hydrogen-bond donors (Lipinski definition) is 0. The zero-order chi connectivity index (χ0) is 16.5. The maximum atomic E-state index is 12.6. The van der Waals surface area contributed by atoms with Crippen molar-refractivity contribution in [3.63, 3.8) is 0 Å². The molecule has 1 saturated heterocycles. The molecule has 0 atom stereocenters. The fourth-order valence-corrected chi connectivity index (χ4v) is 4.11. The van der Waals surface area contributed by atoms with Crippen LogP contribution < -0.4 is 0 Å². The van der Waals surface area contributed by atoms with Gasteiger partial charge in [0.2, 0.25) is 15.9 Å². The molecule has 1 amide bonds. The van der Waals surface area contributed by atoms with Gasteiger partial charge < -0.3 is 4.90 Å². The number of benzene rings is 1. The van der Waals surface area contributed by atoms with Crippen LogP contribution in [0.1, 0.15) is 20.8 Å². The predicted octanol–water partition coefficient (Wildman–Crippen LogP) is 2.22. The van der Waals surface area contributed by atoms with Gasteiger partial charge in [0, 0.05) is 36.6 Å². The molecule has 2 rings (SSSR count). The Kier molecular flexibility index (Phi) is 4.84. The summed E-state index contributed by atoms with van der Waals surface area (Å²) < 4.78 is 26.6. The molecule has 0 bridgehead atoms. The van der Waals surface area contributed by atoms with Gasteiger partial charge in [-0.2, -0.15) is 4.31 Å². The summed E-state index contributed by atoms with van der Waals surface area (Å²) in [6, 6.07) is 6.24. The van der Waals surface area contributed by atoms with Crippen LogP contribution in [0.3, 0.4) is 0 Å². The summed E-state index contributed by atoms with van der Waals surface area (Å²) in [7, 11) is -3.56. The zero-order valence-corrected chi connectivity index (χ0v) is 14.6. The van der Waals surface area contributed by atoms with Gasteiger partial charge in [-0.25, -0.2) is 8.42 Å². The maximum Gasteiger partial charge on any atom is 0.243 e. The van der Waals surface area contributed by atoms with Crippen molar-refractivity contribution < 1.29 is 13.2 Å². The van der Waals surface area contributed by atoms with Crippen molar-refractivity contribution in [3.8, 4) is 0 Å². The van der Waals surface area contributed by atoms with Crippen LogP contribution >= 0.6 is 11.6 Å². The first-order chi connectivity index (χ1) is 10.1. The maximum absolute atomic E-state index is 12.6. The van der Waals surface area contributed by atoms with Crippen LogP contribution in [0, 0.1) is 5.41 Å². The number of rotatable bonds is 2. The number of nitrogens with zero attached hydrogens (tertiary/aromatic N) is 2. The van der Waals surface area contributed by atoms with E-state index in [1.54, 1.807) is 17.0 Å². The van der Waals surface area contributed by atoms with Gasteiger partial charge in [0.05, 0.1) is 4.90 Å². The first kappa shape index (κ1) is 17.2. The number of carbonyl (C=O) groups is 1. The van der Waals surface area contributed by atoms with Gasteiger partial charge >= 0.3 is 0 Å². The van der Waals surface area contributed by atoms with Crippen molar-refractivity contribution >= 4 is 27.5 Å². The Balaban J connectivity index is 2.10. The second kappa shape index (κ2) is 6.18. The van der Waals surface area contributed by atoms with Crippen LogP contribution in [0.5, 0.6) is 0 Å². The molecule has 1 aromatic carbocycles.